The second-order valence-corrected chi connectivity index (χ2v) is 7.66. The summed E-state index contributed by atoms with van der Waals surface area (Å²) in [6.07, 6.45) is 0.447. The van der Waals surface area contributed by atoms with Crippen molar-refractivity contribution >= 4 is 28.8 Å². The van der Waals surface area contributed by atoms with Crippen molar-refractivity contribution in [2.24, 2.45) is 5.92 Å². The van der Waals surface area contributed by atoms with Gasteiger partial charge in [0.05, 0.1) is 32.4 Å². The molecule has 0 bridgehead atoms. The monoisotopic (exact) mass is 440 g/mol. The Balaban J connectivity index is 1.81. The molecule has 0 saturated carbocycles. The second kappa shape index (κ2) is 10.0. The third-order valence-corrected chi connectivity index (χ3v) is 4.89. The quantitative estimate of drug-likeness (QED) is 0.470. The third-order valence-electron chi connectivity index (χ3n) is 4.89. The van der Waals surface area contributed by atoms with E-state index in [-0.39, 0.29) is 17.4 Å². The minimum atomic E-state index is -0.769. The van der Waals surface area contributed by atoms with Crippen LogP contribution in [0.15, 0.2) is 36.4 Å². The molecule has 2 amide bonds. The van der Waals surface area contributed by atoms with Crippen LogP contribution in [0.5, 0.6) is 17.2 Å². The van der Waals surface area contributed by atoms with Crippen LogP contribution in [0.25, 0.3) is 11.0 Å². The summed E-state index contributed by atoms with van der Waals surface area (Å²) in [6.45, 7) is 3.96. The average Bonchev–Trinajstić information content (AvgIpc) is 3.19. The fraction of sp³-hybridized carbons (Fsp3) is 0.348. The van der Waals surface area contributed by atoms with Gasteiger partial charge in [-0.1, -0.05) is 26.0 Å². The summed E-state index contributed by atoms with van der Waals surface area (Å²) in [6, 6.07) is 9.78. The summed E-state index contributed by atoms with van der Waals surface area (Å²) in [4.78, 5) is 33.4. The Kier molecular flexibility index (Phi) is 7.19. The first kappa shape index (κ1) is 22.9. The average molecular weight is 441 g/mol. The highest BCUT2D eigenvalue weighted by Gasteiger charge is 2.25. The summed E-state index contributed by atoms with van der Waals surface area (Å²) in [5.74, 6) is 0.781. The van der Waals surface area contributed by atoms with Crippen LogP contribution in [0.4, 0.5) is 5.95 Å². The predicted molar refractivity (Wildman–Crippen MR) is 122 cm³/mol. The van der Waals surface area contributed by atoms with Crippen molar-refractivity contribution in [2.75, 3.05) is 26.6 Å². The lowest BCUT2D eigenvalue weighted by Crippen LogP contribution is -2.44. The number of carbonyl (C=O) groups excluding carboxylic acids is 2. The van der Waals surface area contributed by atoms with Crippen molar-refractivity contribution in [1.82, 2.24) is 15.3 Å². The molecule has 1 unspecified atom stereocenters. The van der Waals surface area contributed by atoms with Gasteiger partial charge >= 0.3 is 0 Å². The number of amides is 2. The smallest absolute Gasteiger partial charge is 0.252 e. The van der Waals surface area contributed by atoms with Gasteiger partial charge in [-0.25, -0.2) is 4.98 Å². The summed E-state index contributed by atoms with van der Waals surface area (Å²) in [5.41, 5.74) is 1.83. The number of imidazole rings is 1. The van der Waals surface area contributed by atoms with Crippen LogP contribution in [-0.4, -0.2) is 49.2 Å². The molecule has 0 fully saturated rings. The molecule has 0 radical (unpaired) electrons. The number of benzene rings is 2. The van der Waals surface area contributed by atoms with Crippen LogP contribution in [-0.2, 0) is 4.79 Å². The Hall–Kier alpha value is -3.75. The molecule has 0 saturated heterocycles. The van der Waals surface area contributed by atoms with Gasteiger partial charge in [-0.15, -0.1) is 0 Å². The topological polar surface area (TPSA) is 115 Å². The predicted octanol–water partition coefficient (Wildman–Crippen LogP) is 3.37. The Bertz CT molecular complexity index is 1050. The molecule has 0 spiro atoms. The van der Waals surface area contributed by atoms with Gasteiger partial charge in [0.25, 0.3) is 5.91 Å². The molecular formula is C23H28N4O5. The summed E-state index contributed by atoms with van der Waals surface area (Å²) in [7, 11) is 4.43. The first-order chi connectivity index (χ1) is 15.4. The molecule has 3 N–H and O–H groups in total. The molecule has 32 heavy (non-hydrogen) atoms. The zero-order valence-electron chi connectivity index (χ0n) is 18.8. The van der Waals surface area contributed by atoms with Crippen molar-refractivity contribution in [3.05, 3.63) is 42.0 Å². The van der Waals surface area contributed by atoms with Crippen molar-refractivity contribution in [3.63, 3.8) is 0 Å². The number of nitrogens with one attached hydrogen (secondary N) is 3. The van der Waals surface area contributed by atoms with E-state index < -0.39 is 11.9 Å². The standard InChI is InChI=1S/C23H28N4O5/c1-13(2)10-17(22(29)27-23-25-15-8-6-7-9-16(15)26-23)24-21(28)14-11-18(30-3)20(32-5)19(12-14)31-4/h6-9,11-13,17H,10H2,1-5H3,(H,24,28)(H2,25,26,27,29). The van der Waals surface area contributed by atoms with Crippen LogP contribution < -0.4 is 24.8 Å². The number of methoxy groups -OCH3 is 3. The van der Waals surface area contributed by atoms with Crippen molar-refractivity contribution in [2.45, 2.75) is 26.3 Å². The lowest BCUT2D eigenvalue weighted by Gasteiger charge is -2.20. The fourth-order valence-corrected chi connectivity index (χ4v) is 3.37. The zero-order valence-corrected chi connectivity index (χ0v) is 18.8. The number of aromatic nitrogens is 2. The van der Waals surface area contributed by atoms with Gasteiger partial charge < -0.3 is 24.5 Å². The minimum Gasteiger partial charge on any atom is -0.493 e. The maximum Gasteiger partial charge on any atom is 0.252 e. The summed E-state index contributed by atoms with van der Waals surface area (Å²) >= 11 is 0. The molecule has 0 aliphatic heterocycles. The Labute approximate surface area is 186 Å². The number of carbonyl (C=O) groups is 2. The molecule has 1 aromatic heterocycles. The van der Waals surface area contributed by atoms with E-state index in [0.29, 0.717) is 29.6 Å². The SMILES string of the molecule is COc1cc(C(=O)NC(CC(C)C)C(=O)Nc2nc3ccccc3[nH]2)cc(OC)c1OC. The number of nitrogens with zero attached hydrogens (tertiary/aromatic N) is 1. The summed E-state index contributed by atoms with van der Waals surface area (Å²) < 4.78 is 15.9. The lowest BCUT2D eigenvalue weighted by molar-refractivity contribution is -0.118. The van der Waals surface area contributed by atoms with Crippen LogP contribution >= 0.6 is 0 Å². The number of H-pyrrole nitrogens is 1. The molecular weight excluding hydrogens is 412 g/mol. The van der Waals surface area contributed by atoms with Gasteiger partial charge in [-0.3, -0.25) is 14.9 Å². The van der Waals surface area contributed by atoms with Gasteiger partial charge in [0.1, 0.15) is 6.04 Å². The second-order valence-electron chi connectivity index (χ2n) is 7.66. The van der Waals surface area contributed by atoms with Crippen molar-refractivity contribution in [1.29, 1.82) is 0 Å². The molecule has 3 aromatic rings. The molecule has 1 heterocycles. The normalized spacial score (nSPS) is 11.8. The van der Waals surface area contributed by atoms with E-state index in [2.05, 4.69) is 20.6 Å². The Morgan fingerprint density at radius 3 is 2.25 bits per heavy atom. The molecule has 170 valence electrons. The zero-order chi connectivity index (χ0) is 23.3. The van der Waals surface area contributed by atoms with E-state index in [1.54, 1.807) is 12.1 Å². The Morgan fingerprint density at radius 1 is 1.03 bits per heavy atom. The molecule has 1 atom stereocenters. The van der Waals surface area contributed by atoms with Gasteiger partial charge in [-0.05, 0) is 36.6 Å². The van der Waals surface area contributed by atoms with E-state index >= 15 is 0 Å². The van der Waals surface area contributed by atoms with Crippen LogP contribution in [0.1, 0.15) is 30.6 Å². The molecule has 9 nitrogen and oxygen atoms in total. The number of hydrogen-bond donors (Lipinski definition) is 3. The van der Waals surface area contributed by atoms with Gasteiger partial charge in [0, 0.05) is 5.56 Å². The first-order valence-corrected chi connectivity index (χ1v) is 10.2. The van der Waals surface area contributed by atoms with Crippen LogP contribution in [0.2, 0.25) is 0 Å². The highest BCUT2D eigenvalue weighted by Crippen LogP contribution is 2.38. The van der Waals surface area contributed by atoms with E-state index in [1.165, 1.54) is 21.3 Å². The molecule has 0 aliphatic carbocycles. The highest BCUT2D eigenvalue weighted by atomic mass is 16.5. The number of rotatable bonds is 9. The number of hydrogen-bond acceptors (Lipinski definition) is 6. The molecule has 9 heteroatoms. The van der Waals surface area contributed by atoms with Crippen molar-refractivity contribution in [3.8, 4) is 17.2 Å². The maximum atomic E-state index is 13.0. The van der Waals surface area contributed by atoms with Gasteiger partial charge in [0.15, 0.2) is 11.5 Å². The third kappa shape index (κ3) is 5.11. The fourth-order valence-electron chi connectivity index (χ4n) is 3.37. The first-order valence-electron chi connectivity index (χ1n) is 10.2. The van der Waals surface area contributed by atoms with Crippen LogP contribution in [0, 0.1) is 5.92 Å². The molecule has 3 rings (SSSR count). The number of aromatic amines is 1. The van der Waals surface area contributed by atoms with E-state index in [4.69, 9.17) is 14.2 Å². The number of anilines is 1. The Morgan fingerprint density at radius 2 is 1.69 bits per heavy atom. The largest absolute Gasteiger partial charge is 0.493 e. The molecule has 0 aliphatic rings. The minimum absolute atomic E-state index is 0.168. The lowest BCUT2D eigenvalue weighted by atomic mass is 10.0. The number of para-hydroxylation sites is 2. The van der Waals surface area contributed by atoms with E-state index in [1.807, 2.05) is 38.1 Å². The number of ether oxygens (including phenoxy) is 3. The van der Waals surface area contributed by atoms with Gasteiger partial charge in [-0.2, -0.15) is 0 Å². The maximum absolute atomic E-state index is 13.0. The van der Waals surface area contributed by atoms with E-state index in [9.17, 15) is 9.59 Å². The number of fused-ring (bicyclic) bond motifs is 1. The van der Waals surface area contributed by atoms with Crippen molar-refractivity contribution < 1.29 is 23.8 Å². The van der Waals surface area contributed by atoms with Crippen LogP contribution in [0.3, 0.4) is 0 Å². The van der Waals surface area contributed by atoms with Gasteiger partial charge in [0.2, 0.25) is 17.6 Å². The highest BCUT2D eigenvalue weighted by molar-refractivity contribution is 6.01. The molecule has 2 aromatic carbocycles. The summed E-state index contributed by atoms with van der Waals surface area (Å²) in [5, 5.41) is 5.58. The van der Waals surface area contributed by atoms with E-state index in [0.717, 1.165) is 11.0 Å².